The molecular weight excluding hydrogens is 419 g/mol. The molecule has 5 nitrogen and oxygen atoms in total. The quantitative estimate of drug-likeness (QED) is 0.419. The number of nitrogens with zero attached hydrogens (tertiary/aromatic N) is 3. The van der Waals surface area contributed by atoms with Gasteiger partial charge in [0.25, 0.3) is 5.91 Å². The lowest BCUT2D eigenvalue weighted by Gasteiger charge is -2.08. The second-order valence-electron chi connectivity index (χ2n) is 6.93. The Hall–Kier alpha value is -3.15. The molecule has 0 aliphatic carbocycles. The highest BCUT2D eigenvalue weighted by Crippen LogP contribution is 2.25. The largest absolute Gasteiger partial charge is 0.319 e. The van der Waals surface area contributed by atoms with Crippen LogP contribution in [0.25, 0.3) is 17.1 Å². The molecule has 0 saturated carbocycles. The van der Waals surface area contributed by atoms with Crippen LogP contribution in [0.2, 0.25) is 10.0 Å². The van der Waals surface area contributed by atoms with Crippen LogP contribution in [0.3, 0.4) is 0 Å². The predicted octanol–water partition coefficient (Wildman–Crippen LogP) is 6.11. The number of hydrogen-bond donors (Lipinski definition) is 1. The zero-order chi connectivity index (χ0) is 21.3. The molecule has 4 rings (SSSR count). The molecule has 0 unspecified atom stereocenters. The number of anilines is 1. The van der Waals surface area contributed by atoms with Gasteiger partial charge in [-0.15, -0.1) is 5.10 Å². The molecule has 0 spiro atoms. The first-order valence-electron chi connectivity index (χ1n) is 9.28. The molecule has 3 aromatic carbocycles. The van der Waals surface area contributed by atoms with Crippen molar-refractivity contribution in [3.8, 4) is 17.1 Å². The van der Waals surface area contributed by atoms with E-state index in [9.17, 15) is 4.79 Å². The van der Waals surface area contributed by atoms with E-state index in [-0.39, 0.29) is 5.82 Å². The van der Waals surface area contributed by atoms with Crippen LogP contribution >= 0.6 is 23.2 Å². The Bertz CT molecular complexity index is 1220. The van der Waals surface area contributed by atoms with Crippen molar-refractivity contribution in [1.29, 1.82) is 0 Å². The van der Waals surface area contributed by atoms with Crippen LogP contribution in [0.15, 0.2) is 66.7 Å². The Labute approximate surface area is 184 Å². The van der Waals surface area contributed by atoms with Gasteiger partial charge in [-0.3, -0.25) is 4.79 Å². The SMILES string of the molecule is Cc1ccc(-c2nc(C(=O)Nc3ccc(Cl)cc3)nn2-c2ccc(C)c(Cl)c2)cc1. The second-order valence-corrected chi connectivity index (χ2v) is 7.77. The van der Waals surface area contributed by atoms with Crippen molar-refractivity contribution < 1.29 is 4.79 Å². The van der Waals surface area contributed by atoms with Crippen molar-refractivity contribution in [3.63, 3.8) is 0 Å². The molecule has 0 bridgehead atoms. The van der Waals surface area contributed by atoms with Crippen molar-refractivity contribution >= 4 is 34.8 Å². The van der Waals surface area contributed by atoms with E-state index in [1.165, 1.54) is 0 Å². The molecule has 0 fully saturated rings. The molecule has 0 aliphatic rings. The van der Waals surface area contributed by atoms with E-state index >= 15 is 0 Å². The Morgan fingerprint density at radius 3 is 2.30 bits per heavy atom. The molecule has 0 saturated heterocycles. The summed E-state index contributed by atoms with van der Waals surface area (Å²) in [6.45, 7) is 3.94. The van der Waals surface area contributed by atoms with Gasteiger partial charge in [0.2, 0.25) is 5.82 Å². The Kier molecular flexibility index (Phi) is 5.57. The Balaban J connectivity index is 1.76. The number of aryl methyl sites for hydroxylation is 2. The normalized spacial score (nSPS) is 10.8. The predicted molar refractivity (Wildman–Crippen MR) is 121 cm³/mol. The minimum absolute atomic E-state index is 0.0530. The molecule has 0 atom stereocenters. The minimum Gasteiger partial charge on any atom is -0.319 e. The van der Waals surface area contributed by atoms with E-state index < -0.39 is 5.91 Å². The number of hydrogen-bond acceptors (Lipinski definition) is 3. The maximum atomic E-state index is 12.8. The highest BCUT2D eigenvalue weighted by Gasteiger charge is 2.19. The molecule has 1 N–H and O–H groups in total. The molecule has 0 aliphatic heterocycles. The third-order valence-electron chi connectivity index (χ3n) is 4.62. The number of rotatable bonds is 4. The molecular formula is C23H18Cl2N4O. The van der Waals surface area contributed by atoms with Crippen molar-refractivity contribution in [2.45, 2.75) is 13.8 Å². The Morgan fingerprint density at radius 1 is 0.933 bits per heavy atom. The number of aromatic nitrogens is 3. The summed E-state index contributed by atoms with van der Waals surface area (Å²) in [5.41, 5.74) is 4.26. The number of amides is 1. The van der Waals surface area contributed by atoms with E-state index in [0.717, 1.165) is 22.4 Å². The fraction of sp³-hybridized carbons (Fsp3) is 0.0870. The number of carbonyl (C=O) groups excluding carboxylic acids is 1. The molecule has 150 valence electrons. The summed E-state index contributed by atoms with van der Waals surface area (Å²) in [5, 5.41) is 8.48. The molecule has 4 aromatic rings. The van der Waals surface area contributed by atoms with Crippen molar-refractivity contribution in [3.05, 3.63) is 93.7 Å². The first kappa shape index (κ1) is 20.1. The van der Waals surface area contributed by atoms with Crippen molar-refractivity contribution in [2.24, 2.45) is 0 Å². The fourth-order valence-corrected chi connectivity index (χ4v) is 3.21. The first-order chi connectivity index (χ1) is 14.4. The van der Waals surface area contributed by atoms with Crippen LogP contribution in [0.1, 0.15) is 21.7 Å². The summed E-state index contributed by atoms with van der Waals surface area (Å²) in [4.78, 5) is 17.3. The number of halogens is 2. The smallest absolute Gasteiger partial charge is 0.295 e. The molecule has 0 radical (unpaired) electrons. The van der Waals surface area contributed by atoms with Gasteiger partial charge in [-0.1, -0.05) is 59.1 Å². The monoisotopic (exact) mass is 436 g/mol. The highest BCUT2D eigenvalue weighted by atomic mass is 35.5. The number of carbonyl (C=O) groups is 1. The maximum absolute atomic E-state index is 12.8. The van der Waals surface area contributed by atoms with Crippen molar-refractivity contribution in [1.82, 2.24) is 14.8 Å². The van der Waals surface area contributed by atoms with Gasteiger partial charge in [-0.2, -0.15) is 0 Å². The molecule has 30 heavy (non-hydrogen) atoms. The molecule has 7 heteroatoms. The lowest BCUT2D eigenvalue weighted by Crippen LogP contribution is -2.14. The average Bonchev–Trinajstić information content (AvgIpc) is 3.18. The summed E-state index contributed by atoms with van der Waals surface area (Å²) in [7, 11) is 0. The van der Waals surface area contributed by atoms with Gasteiger partial charge in [-0.05, 0) is 55.8 Å². The summed E-state index contributed by atoms with van der Waals surface area (Å²) < 4.78 is 1.63. The van der Waals surface area contributed by atoms with Crippen molar-refractivity contribution in [2.75, 3.05) is 5.32 Å². The third kappa shape index (κ3) is 4.22. The lowest BCUT2D eigenvalue weighted by molar-refractivity contribution is 0.101. The molecule has 1 aromatic heterocycles. The maximum Gasteiger partial charge on any atom is 0.295 e. The van der Waals surface area contributed by atoms with Gasteiger partial charge >= 0.3 is 0 Å². The van der Waals surface area contributed by atoms with Crippen LogP contribution in [-0.2, 0) is 0 Å². The van der Waals surface area contributed by atoms with E-state index in [2.05, 4.69) is 15.4 Å². The van der Waals surface area contributed by atoms with Gasteiger partial charge in [-0.25, -0.2) is 9.67 Å². The second kappa shape index (κ2) is 8.30. The summed E-state index contributed by atoms with van der Waals surface area (Å²) in [6, 6.07) is 20.3. The average molecular weight is 437 g/mol. The van der Waals surface area contributed by atoms with E-state index in [0.29, 0.717) is 21.6 Å². The van der Waals surface area contributed by atoms with Gasteiger partial charge in [0.15, 0.2) is 5.82 Å². The van der Waals surface area contributed by atoms with Gasteiger partial charge in [0.05, 0.1) is 5.69 Å². The Morgan fingerprint density at radius 2 is 1.63 bits per heavy atom. The van der Waals surface area contributed by atoms with E-state index in [1.54, 1.807) is 28.9 Å². The molecule has 1 heterocycles. The standard InChI is InChI=1S/C23H18Cl2N4O/c1-14-3-6-16(7-4-14)22-27-21(23(30)26-18-10-8-17(24)9-11-18)28-29(22)19-12-5-15(2)20(25)13-19/h3-13H,1-2H3,(H,26,30). The topological polar surface area (TPSA) is 59.8 Å². The molecule has 1 amide bonds. The van der Waals surface area contributed by atoms with Gasteiger partial charge in [0, 0.05) is 21.3 Å². The van der Waals surface area contributed by atoms with Crippen LogP contribution in [0.5, 0.6) is 0 Å². The third-order valence-corrected chi connectivity index (χ3v) is 5.28. The minimum atomic E-state index is -0.414. The summed E-state index contributed by atoms with van der Waals surface area (Å²) >= 11 is 12.2. The van der Waals surface area contributed by atoms with Crippen LogP contribution < -0.4 is 5.32 Å². The zero-order valence-electron chi connectivity index (χ0n) is 16.4. The van der Waals surface area contributed by atoms with Gasteiger partial charge in [0.1, 0.15) is 0 Å². The number of nitrogens with one attached hydrogen (secondary N) is 1. The van der Waals surface area contributed by atoms with E-state index in [4.69, 9.17) is 23.2 Å². The summed E-state index contributed by atoms with van der Waals surface area (Å²) in [5.74, 6) is 0.191. The van der Waals surface area contributed by atoms with Crippen LogP contribution in [0.4, 0.5) is 5.69 Å². The summed E-state index contributed by atoms with van der Waals surface area (Å²) in [6.07, 6.45) is 0. The van der Waals surface area contributed by atoms with Crippen LogP contribution in [0, 0.1) is 13.8 Å². The zero-order valence-corrected chi connectivity index (χ0v) is 17.9. The number of benzene rings is 3. The van der Waals surface area contributed by atoms with Gasteiger partial charge < -0.3 is 5.32 Å². The first-order valence-corrected chi connectivity index (χ1v) is 10.0. The fourth-order valence-electron chi connectivity index (χ4n) is 2.91. The highest BCUT2D eigenvalue weighted by molar-refractivity contribution is 6.31. The lowest BCUT2D eigenvalue weighted by atomic mass is 10.1. The van der Waals surface area contributed by atoms with Crippen LogP contribution in [-0.4, -0.2) is 20.7 Å². The van der Waals surface area contributed by atoms with E-state index in [1.807, 2.05) is 56.3 Å².